The van der Waals surface area contributed by atoms with Crippen LogP contribution in [0.15, 0.2) is 24.4 Å². The second-order valence-electron chi connectivity index (χ2n) is 3.98. The van der Waals surface area contributed by atoms with E-state index in [0.717, 1.165) is 24.0 Å². The molecule has 0 aliphatic rings. The number of methoxy groups -OCH3 is 1. The van der Waals surface area contributed by atoms with Crippen molar-refractivity contribution in [1.29, 1.82) is 0 Å². The molecule has 86 valence electrons. The predicted octanol–water partition coefficient (Wildman–Crippen LogP) is 2.11. The van der Waals surface area contributed by atoms with Gasteiger partial charge in [0.1, 0.15) is 5.75 Å². The second-order valence-corrected chi connectivity index (χ2v) is 3.98. The van der Waals surface area contributed by atoms with E-state index in [1.165, 1.54) is 11.1 Å². The third-order valence-electron chi connectivity index (χ3n) is 2.87. The maximum atomic E-state index is 8.85. The summed E-state index contributed by atoms with van der Waals surface area (Å²) in [6.07, 6.45) is 3.70. The van der Waals surface area contributed by atoms with E-state index in [2.05, 4.69) is 22.8 Å². The standard InChI is InChI=1S/C13H17NO2/c1-14-6-5-11-12(14)8-10(4-3-7-15)9-13(11)16-2/h5-6,8-9,15H,3-4,7H2,1-2H3. The summed E-state index contributed by atoms with van der Waals surface area (Å²) in [7, 11) is 3.72. The van der Waals surface area contributed by atoms with Gasteiger partial charge in [0.2, 0.25) is 0 Å². The number of benzene rings is 1. The molecule has 0 amide bonds. The fourth-order valence-electron chi connectivity index (χ4n) is 1.99. The summed E-state index contributed by atoms with van der Waals surface area (Å²) in [5, 5.41) is 9.98. The van der Waals surface area contributed by atoms with Crippen LogP contribution in [-0.4, -0.2) is 23.4 Å². The minimum Gasteiger partial charge on any atom is -0.496 e. The summed E-state index contributed by atoms with van der Waals surface area (Å²) < 4.78 is 7.47. The van der Waals surface area contributed by atoms with Crippen molar-refractivity contribution in [3.8, 4) is 5.75 Å². The Morgan fingerprint density at radius 3 is 2.88 bits per heavy atom. The molecule has 2 aromatic rings. The minimum absolute atomic E-state index is 0.230. The quantitative estimate of drug-likeness (QED) is 0.854. The smallest absolute Gasteiger partial charge is 0.128 e. The molecule has 1 N–H and O–H groups in total. The Morgan fingerprint density at radius 1 is 1.38 bits per heavy atom. The van der Waals surface area contributed by atoms with Crippen LogP contribution < -0.4 is 4.74 Å². The monoisotopic (exact) mass is 219 g/mol. The summed E-state index contributed by atoms with van der Waals surface area (Å²) in [5.41, 5.74) is 2.38. The van der Waals surface area contributed by atoms with Crippen LogP contribution in [-0.2, 0) is 13.5 Å². The molecule has 0 atom stereocenters. The number of hydrogen-bond donors (Lipinski definition) is 1. The van der Waals surface area contributed by atoms with Crippen molar-refractivity contribution < 1.29 is 9.84 Å². The Hall–Kier alpha value is -1.48. The first-order valence-corrected chi connectivity index (χ1v) is 5.49. The lowest BCUT2D eigenvalue weighted by Crippen LogP contribution is -1.93. The van der Waals surface area contributed by atoms with Gasteiger partial charge in [-0.15, -0.1) is 0 Å². The number of fused-ring (bicyclic) bond motifs is 1. The number of aryl methyl sites for hydroxylation is 2. The third kappa shape index (κ3) is 1.91. The third-order valence-corrected chi connectivity index (χ3v) is 2.87. The van der Waals surface area contributed by atoms with Gasteiger partial charge in [-0.2, -0.15) is 0 Å². The van der Waals surface area contributed by atoms with Crippen molar-refractivity contribution in [2.75, 3.05) is 13.7 Å². The lowest BCUT2D eigenvalue weighted by atomic mass is 10.1. The number of rotatable bonds is 4. The van der Waals surface area contributed by atoms with Gasteiger partial charge in [0, 0.05) is 25.2 Å². The highest BCUT2D eigenvalue weighted by atomic mass is 16.5. The number of aromatic nitrogens is 1. The molecule has 0 aliphatic carbocycles. The van der Waals surface area contributed by atoms with E-state index in [1.807, 2.05) is 13.2 Å². The van der Waals surface area contributed by atoms with Crippen LogP contribution in [0.2, 0.25) is 0 Å². The van der Waals surface area contributed by atoms with Crippen LogP contribution in [0.1, 0.15) is 12.0 Å². The van der Waals surface area contributed by atoms with Gasteiger partial charge in [-0.1, -0.05) is 0 Å². The van der Waals surface area contributed by atoms with E-state index in [0.29, 0.717) is 0 Å². The van der Waals surface area contributed by atoms with Gasteiger partial charge >= 0.3 is 0 Å². The van der Waals surface area contributed by atoms with Crippen LogP contribution in [0.4, 0.5) is 0 Å². The molecule has 3 nitrogen and oxygen atoms in total. The van der Waals surface area contributed by atoms with E-state index in [4.69, 9.17) is 9.84 Å². The van der Waals surface area contributed by atoms with Crippen LogP contribution in [0, 0.1) is 0 Å². The number of aliphatic hydroxyl groups is 1. The van der Waals surface area contributed by atoms with Gasteiger partial charge in [0.05, 0.1) is 12.6 Å². The summed E-state index contributed by atoms with van der Waals surface area (Å²) in [6.45, 7) is 0.230. The Kier molecular flexibility index (Phi) is 3.15. The van der Waals surface area contributed by atoms with Crippen molar-refractivity contribution in [2.24, 2.45) is 7.05 Å². The molecule has 0 aliphatic heterocycles. The van der Waals surface area contributed by atoms with E-state index < -0.39 is 0 Å². The topological polar surface area (TPSA) is 34.4 Å². The summed E-state index contributed by atoms with van der Waals surface area (Å²) >= 11 is 0. The number of nitrogens with zero attached hydrogens (tertiary/aromatic N) is 1. The maximum absolute atomic E-state index is 8.85. The molecule has 1 heterocycles. The fraction of sp³-hybridized carbons (Fsp3) is 0.385. The Labute approximate surface area is 95.3 Å². The van der Waals surface area contributed by atoms with E-state index in [1.54, 1.807) is 7.11 Å². The molecule has 0 unspecified atom stereocenters. The SMILES string of the molecule is COc1cc(CCCO)cc2c1ccn2C. The molecular weight excluding hydrogens is 202 g/mol. The van der Waals surface area contributed by atoms with Gasteiger partial charge in [0.25, 0.3) is 0 Å². The molecule has 0 radical (unpaired) electrons. The van der Waals surface area contributed by atoms with Crippen LogP contribution in [0.5, 0.6) is 5.75 Å². The molecule has 16 heavy (non-hydrogen) atoms. The Morgan fingerprint density at radius 2 is 2.19 bits per heavy atom. The number of ether oxygens (including phenoxy) is 1. The Bertz CT molecular complexity index is 488. The van der Waals surface area contributed by atoms with Gasteiger partial charge in [-0.05, 0) is 36.6 Å². The molecule has 0 spiro atoms. The van der Waals surface area contributed by atoms with Crippen molar-refractivity contribution in [1.82, 2.24) is 4.57 Å². The first kappa shape index (κ1) is 11.0. The zero-order chi connectivity index (χ0) is 11.5. The van der Waals surface area contributed by atoms with Crippen molar-refractivity contribution >= 4 is 10.9 Å². The van der Waals surface area contributed by atoms with Crippen LogP contribution in [0.25, 0.3) is 10.9 Å². The molecule has 0 bridgehead atoms. The zero-order valence-corrected chi connectivity index (χ0v) is 9.73. The normalized spacial score (nSPS) is 10.9. The van der Waals surface area contributed by atoms with Gasteiger partial charge in [-0.3, -0.25) is 0 Å². The second kappa shape index (κ2) is 4.58. The molecular formula is C13H17NO2. The molecule has 1 aromatic carbocycles. The zero-order valence-electron chi connectivity index (χ0n) is 9.73. The molecule has 0 saturated heterocycles. The highest BCUT2D eigenvalue weighted by Gasteiger charge is 2.07. The number of hydrogen-bond acceptors (Lipinski definition) is 2. The highest BCUT2D eigenvalue weighted by molar-refractivity contribution is 5.87. The first-order chi connectivity index (χ1) is 7.76. The van der Waals surface area contributed by atoms with Crippen molar-refractivity contribution in [3.05, 3.63) is 30.0 Å². The van der Waals surface area contributed by atoms with Crippen LogP contribution >= 0.6 is 0 Å². The predicted molar refractivity (Wildman–Crippen MR) is 64.9 cm³/mol. The first-order valence-electron chi connectivity index (χ1n) is 5.49. The fourth-order valence-corrected chi connectivity index (χ4v) is 1.99. The van der Waals surface area contributed by atoms with E-state index in [9.17, 15) is 0 Å². The van der Waals surface area contributed by atoms with Crippen molar-refractivity contribution in [2.45, 2.75) is 12.8 Å². The molecule has 0 saturated carbocycles. The largest absolute Gasteiger partial charge is 0.496 e. The van der Waals surface area contributed by atoms with Gasteiger partial charge in [-0.25, -0.2) is 0 Å². The molecule has 0 fully saturated rings. The van der Waals surface area contributed by atoms with Crippen molar-refractivity contribution in [3.63, 3.8) is 0 Å². The highest BCUT2D eigenvalue weighted by Crippen LogP contribution is 2.28. The molecule has 3 heteroatoms. The summed E-state index contributed by atoms with van der Waals surface area (Å²) in [5.74, 6) is 0.908. The molecule has 2 rings (SSSR count). The summed E-state index contributed by atoms with van der Waals surface area (Å²) in [4.78, 5) is 0. The maximum Gasteiger partial charge on any atom is 0.128 e. The number of aliphatic hydroxyl groups excluding tert-OH is 1. The van der Waals surface area contributed by atoms with Crippen LogP contribution in [0.3, 0.4) is 0 Å². The average molecular weight is 219 g/mol. The lowest BCUT2D eigenvalue weighted by molar-refractivity contribution is 0.288. The average Bonchev–Trinajstić information content (AvgIpc) is 2.68. The van der Waals surface area contributed by atoms with E-state index >= 15 is 0 Å². The summed E-state index contributed by atoms with van der Waals surface area (Å²) in [6, 6.07) is 6.27. The minimum atomic E-state index is 0.230. The van der Waals surface area contributed by atoms with E-state index in [-0.39, 0.29) is 6.61 Å². The Balaban J connectivity index is 2.48. The van der Waals surface area contributed by atoms with Gasteiger partial charge in [0.15, 0.2) is 0 Å². The van der Waals surface area contributed by atoms with Gasteiger partial charge < -0.3 is 14.4 Å². The lowest BCUT2D eigenvalue weighted by Gasteiger charge is -2.07. The molecule has 1 aromatic heterocycles.